The van der Waals surface area contributed by atoms with Crippen LogP contribution in [0.2, 0.25) is 0 Å². The van der Waals surface area contributed by atoms with E-state index in [2.05, 4.69) is 15.0 Å². The van der Waals surface area contributed by atoms with Gasteiger partial charge in [0.15, 0.2) is 0 Å². The van der Waals surface area contributed by atoms with E-state index in [9.17, 15) is 4.39 Å². The lowest BCUT2D eigenvalue weighted by molar-refractivity contribution is 0.265. The Balaban J connectivity index is 1.61. The number of hydrogen-bond donors (Lipinski definition) is 0. The van der Waals surface area contributed by atoms with Crippen LogP contribution in [0.25, 0.3) is 0 Å². The van der Waals surface area contributed by atoms with Gasteiger partial charge in [0, 0.05) is 7.05 Å². The van der Waals surface area contributed by atoms with E-state index < -0.39 is 0 Å². The molecule has 1 aromatic heterocycles. The number of aryl methyl sites for hydroxylation is 1. The van der Waals surface area contributed by atoms with Crippen LogP contribution in [0.15, 0.2) is 30.6 Å². The van der Waals surface area contributed by atoms with Crippen LogP contribution in [0.3, 0.4) is 0 Å². The lowest BCUT2D eigenvalue weighted by Gasteiger charge is -2.19. The molecule has 0 radical (unpaired) electrons. The van der Waals surface area contributed by atoms with E-state index in [0.717, 1.165) is 31.9 Å². The summed E-state index contributed by atoms with van der Waals surface area (Å²) in [5.41, 5.74) is 1.26. The molecule has 0 amide bonds. The Morgan fingerprint density at radius 2 is 2.00 bits per heavy atom. The zero-order valence-corrected chi connectivity index (χ0v) is 12.4. The van der Waals surface area contributed by atoms with E-state index in [1.54, 1.807) is 18.5 Å². The molecule has 112 valence electrons. The van der Waals surface area contributed by atoms with Gasteiger partial charge in [-0.15, -0.1) is 0 Å². The molecule has 1 unspecified atom stereocenters. The molecule has 0 N–H and O–H groups in total. The van der Waals surface area contributed by atoms with E-state index in [-0.39, 0.29) is 5.82 Å². The largest absolute Gasteiger partial charge is 0.296 e. The van der Waals surface area contributed by atoms with E-state index in [4.69, 9.17) is 0 Å². The summed E-state index contributed by atoms with van der Waals surface area (Å²) in [5.74, 6) is 1.39. The van der Waals surface area contributed by atoms with Gasteiger partial charge in [0.1, 0.15) is 18.0 Å². The minimum atomic E-state index is -0.156. The molecule has 2 aromatic rings. The van der Waals surface area contributed by atoms with Gasteiger partial charge in [-0.1, -0.05) is 12.1 Å². The number of nitrogens with zero attached hydrogens (tertiary/aromatic N) is 4. The Morgan fingerprint density at radius 3 is 2.71 bits per heavy atom. The second kappa shape index (κ2) is 6.35. The van der Waals surface area contributed by atoms with Crippen molar-refractivity contribution in [2.75, 3.05) is 13.1 Å². The zero-order chi connectivity index (χ0) is 14.7. The van der Waals surface area contributed by atoms with E-state index >= 15 is 0 Å². The highest BCUT2D eigenvalue weighted by molar-refractivity contribution is 5.20. The Hall–Kier alpha value is -1.75. The number of rotatable bonds is 3. The van der Waals surface area contributed by atoms with Crippen molar-refractivity contribution in [3.63, 3.8) is 0 Å². The molecule has 3 rings (SSSR count). The van der Waals surface area contributed by atoms with Crippen LogP contribution in [0.5, 0.6) is 0 Å². The molecule has 5 heteroatoms. The maximum absolute atomic E-state index is 13.0. The van der Waals surface area contributed by atoms with Gasteiger partial charge in [0.05, 0.1) is 6.54 Å². The average molecular weight is 288 g/mol. The van der Waals surface area contributed by atoms with Gasteiger partial charge in [-0.2, -0.15) is 5.10 Å². The first-order chi connectivity index (χ1) is 10.2. The van der Waals surface area contributed by atoms with Gasteiger partial charge in [-0.25, -0.2) is 9.37 Å². The van der Waals surface area contributed by atoms with Crippen LogP contribution >= 0.6 is 0 Å². The zero-order valence-electron chi connectivity index (χ0n) is 12.4. The van der Waals surface area contributed by atoms with E-state index in [1.807, 2.05) is 23.9 Å². The Labute approximate surface area is 124 Å². The van der Waals surface area contributed by atoms with E-state index in [1.165, 1.54) is 18.4 Å². The van der Waals surface area contributed by atoms with Crippen molar-refractivity contribution >= 4 is 0 Å². The molecule has 4 nitrogen and oxygen atoms in total. The third-order valence-electron chi connectivity index (χ3n) is 4.33. The summed E-state index contributed by atoms with van der Waals surface area (Å²) in [6.45, 7) is 2.99. The Kier molecular flexibility index (Phi) is 4.29. The summed E-state index contributed by atoms with van der Waals surface area (Å²) in [6, 6.07) is 6.99. The van der Waals surface area contributed by atoms with E-state index in [0.29, 0.717) is 5.92 Å². The number of likely N-dealkylation sites (tertiary alicyclic amines) is 1. The number of hydrogen-bond acceptors (Lipinski definition) is 3. The third-order valence-corrected chi connectivity index (χ3v) is 4.33. The Morgan fingerprint density at radius 1 is 1.19 bits per heavy atom. The molecule has 0 saturated carbocycles. The smallest absolute Gasteiger partial charge is 0.140 e. The maximum atomic E-state index is 13.0. The highest BCUT2D eigenvalue weighted by Crippen LogP contribution is 2.28. The summed E-state index contributed by atoms with van der Waals surface area (Å²) in [5, 5.41) is 4.12. The van der Waals surface area contributed by atoms with Crippen LogP contribution in [0.4, 0.5) is 4.39 Å². The second-order valence-electron chi connectivity index (χ2n) is 5.76. The minimum absolute atomic E-state index is 0.156. The van der Waals surface area contributed by atoms with Crippen molar-refractivity contribution in [3.8, 4) is 0 Å². The van der Waals surface area contributed by atoms with Crippen molar-refractivity contribution in [1.82, 2.24) is 19.7 Å². The maximum Gasteiger partial charge on any atom is 0.140 e. The average Bonchev–Trinajstić information content (AvgIpc) is 2.74. The number of halogens is 1. The van der Waals surface area contributed by atoms with Gasteiger partial charge in [0.25, 0.3) is 0 Å². The van der Waals surface area contributed by atoms with Crippen molar-refractivity contribution in [2.24, 2.45) is 7.05 Å². The molecular weight excluding hydrogens is 267 g/mol. The predicted molar refractivity (Wildman–Crippen MR) is 79.3 cm³/mol. The number of benzene rings is 1. The summed E-state index contributed by atoms with van der Waals surface area (Å²) in [4.78, 5) is 6.73. The van der Waals surface area contributed by atoms with Crippen LogP contribution in [0, 0.1) is 5.82 Å². The summed E-state index contributed by atoms with van der Waals surface area (Å²) >= 11 is 0. The summed E-state index contributed by atoms with van der Waals surface area (Å²) < 4.78 is 14.9. The monoisotopic (exact) mass is 288 g/mol. The molecule has 1 fully saturated rings. The molecule has 1 saturated heterocycles. The van der Waals surface area contributed by atoms with Crippen LogP contribution in [-0.4, -0.2) is 32.8 Å². The summed E-state index contributed by atoms with van der Waals surface area (Å²) in [6.07, 6.45) is 5.05. The fourth-order valence-corrected chi connectivity index (χ4v) is 3.05. The molecule has 0 bridgehead atoms. The topological polar surface area (TPSA) is 34.0 Å². The molecule has 0 aliphatic carbocycles. The molecule has 1 atom stereocenters. The van der Waals surface area contributed by atoms with Gasteiger partial charge >= 0.3 is 0 Å². The van der Waals surface area contributed by atoms with Crippen LogP contribution < -0.4 is 0 Å². The number of aromatic nitrogens is 3. The third kappa shape index (κ3) is 3.47. The lowest BCUT2D eigenvalue weighted by atomic mass is 9.92. The highest BCUT2D eigenvalue weighted by atomic mass is 19.1. The van der Waals surface area contributed by atoms with Crippen molar-refractivity contribution in [3.05, 3.63) is 47.8 Å². The van der Waals surface area contributed by atoms with Crippen molar-refractivity contribution in [1.29, 1.82) is 0 Å². The SMILES string of the molecule is Cn1ncnc1CN1CCCC(c2ccc(F)cc2)CC1. The molecule has 21 heavy (non-hydrogen) atoms. The molecule has 1 aliphatic heterocycles. The van der Waals surface area contributed by atoms with Crippen molar-refractivity contribution in [2.45, 2.75) is 31.7 Å². The summed E-state index contributed by atoms with van der Waals surface area (Å²) in [7, 11) is 1.93. The normalized spacial score (nSPS) is 20.4. The standard InChI is InChI=1S/C16H21FN4/c1-20-16(18-12-19-20)11-21-9-2-3-13(8-10-21)14-4-6-15(17)7-5-14/h4-7,12-13H,2-3,8-11H2,1H3. The lowest BCUT2D eigenvalue weighted by Crippen LogP contribution is -2.26. The quantitative estimate of drug-likeness (QED) is 0.871. The van der Waals surface area contributed by atoms with Gasteiger partial charge in [-0.05, 0) is 56.0 Å². The molecule has 0 spiro atoms. The van der Waals surface area contributed by atoms with Gasteiger partial charge in [-0.3, -0.25) is 9.58 Å². The fourth-order valence-electron chi connectivity index (χ4n) is 3.05. The van der Waals surface area contributed by atoms with Gasteiger partial charge < -0.3 is 0 Å². The molecule has 1 aliphatic rings. The first-order valence-corrected chi connectivity index (χ1v) is 7.53. The first-order valence-electron chi connectivity index (χ1n) is 7.53. The minimum Gasteiger partial charge on any atom is -0.296 e. The van der Waals surface area contributed by atoms with Gasteiger partial charge in [0.2, 0.25) is 0 Å². The Bertz CT molecular complexity index is 578. The molecule has 1 aromatic carbocycles. The first kappa shape index (κ1) is 14.2. The van der Waals surface area contributed by atoms with Crippen LogP contribution in [0.1, 0.15) is 36.6 Å². The highest BCUT2D eigenvalue weighted by Gasteiger charge is 2.19. The fraction of sp³-hybridized carbons (Fsp3) is 0.500. The predicted octanol–water partition coefficient (Wildman–Crippen LogP) is 2.72. The molecular formula is C16H21FN4. The second-order valence-corrected chi connectivity index (χ2v) is 5.76. The van der Waals surface area contributed by atoms with Crippen LogP contribution in [-0.2, 0) is 13.6 Å². The van der Waals surface area contributed by atoms with Crippen molar-refractivity contribution < 1.29 is 4.39 Å². The molecule has 2 heterocycles.